The van der Waals surface area contributed by atoms with Crippen molar-refractivity contribution in [1.82, 2.24) is 14.5 Å². The molecule has 2 heterocycles. The molecule has 0 fully saturated rings. The summed E-state index contributed by atoms with van der Waals surface area (Å²) in [6, 6.07) is 14.6. The Bertz CT molecular complexity index is 1170. The van der Waals surface area contributed by atoms with E-state index in [4.69, 9.17) is 15.5 Å². The fourth-order valence-electron chi connectivity index (χ4n) is 3.78. The molecule has 2 aromatic carbocycles. The van der Waals surface area contributed by atoms with Crippen molar-refractivity contribution in [3.05, 3.63) is 72.3 Å². The molecular weight excluding hydrogens is 367 g/mol. The molecule has 0 radical (unpaired) electrons. The SMILES string of the molecule is COc1nc(-c2ccc3cccc(F)c3c2)ccc1C(C(C)C)n1ccnc1N. The van der Waals surface area contributed by atoms with Gasteiger partial charge in [0.2, 0.25) is 11.8 Å². The van der Waals surface area contributed by atoms with E-state index in [1.807, 2.05) is 47.2 Å². The lowest BCUT2D eigenvalue weighted by molar-refractivity contribution is 0.368. The summed E-state index contributed by atoms with van der Waals surface area (Å²) in [5.41, 5.74) is 8.52. The smallest absolute Gasteiger partial charge is 0.218 e. The van der Waals surface area contributed by atoms with Gasteiger partial charge < -0.3 is 15.0 Å². The standard InChI is InChI=1S/C23H23FN4O/c1-14(2)21(28-12-11-26-23(28)25)17-9-10-20(27-22(17)29-3)16-8-7-15-5-4-6-19(24)18(15)13-16/h4-14,21H,1-3H3,(H2,25,26). The number of pyridine rings is 1. The number of hydrogen-bond acceptors (Lipinski definition) is 4. The lowest BCUT2D eigenvalue weighted by Gasteiger charge is -2.25. The van der Waals surface area contributed by atoms with E-state index in [2.05, 4.69) is 18.8 Å². The minimum absolute atomic E-state index is 0.0666. The molecule has 2 aromatic heterocycles. The van der Waals surface area contributed by atoms with Gasteiger partial charge >= 0.3 is 0 Å². The van der Waals surface area contributed by atoms with Gasteiger partial charge in [-0.2, -0.15) is 0 Å². The maximum atomic E-state index is 14.2. The molecule has 1 atom stereocenters. The second kappa shape index (κ2) is 7.54. The molecule has 4 rings (SSSR count). The van der Waals surface area contributed by atoms with Crippen molar-refractivity contribution >= 4 is 16.7 Å². The van der Waals surface area contributed by atoms with Gasteiger partial charge in [-0.3, -0.25) is 0 Å². The Hall–Kier alpha value is -3.41. The lowest BCUT2D eigenvalue weighted by atomic mass is 9.95. The number of fused-ring (bicyclic) bond motifs is 1. The number of hydrogen-bond donors (Lipinski definition) is 1. The molecule has 5 nitrogen and oxygen atoms in total. The summed E-state index contributed by atoms with van der Waals surface area (Å²) in [5, 5.41) is 1.42. The van der Waals surface area contributed by atoms with Crippen LogP contribution in [-0.4, -0.2) is 21.6 Å². The molecule has 0 bridgehead atoms. The van der Waals surface area contributed by atoms with Crippen molar-refractivity contribution < 1.29 is 9.13 Å². The number of anilines is 1. The highest BCUT2D eigenvalue weighted by atomic mass is 19.1. The third-order valence-electron chi connectivity index (χ3n) is 5.16. The van der Waals surface area contributed by atoms with Gasteiger partial charge in [0.15, 0.2) is 0 Å². The first kappa shape index (κ1) is 18.9. The van der Waals surface area contributed by atoms with Gasteiger partial charge in [0.05, 0.1) is 18.8 Å². The molecule has 4 aromatic rings. The van der Waals surface area contributed by atoms with E-state index < -0.39 is 0 Å². The summed E-state index contributed by atoms with van der Waals surface area (Å²) in [6.07, 6.45) is 3.54. The summed E-state index contributed by atoms with van der Waals surface area (Å²) in [7, 11) is 1.60. The zero-order chi connectivity index (χ0) is 20.5. The average molecular weight is 390 g/mol. The van der Waals surface area contributed by atoms with E-state index >= 15 is 0 Å². The first-order chi connectivity index (χ1) is 14.0. The van der Waals surface area contributed by atoms with Crippen molar-refractivity contribution in [1.29, 1.82) is 0 Å². The van der Waals surface area contributed by atoms with Crippen molar-refractivity contribution in [2.24, 2.45) is 5.92 Å². The summed E-state index contributed by atoms with van der Waals surface area (Å²) in [5.74, 6) is 0.953. The second-order valence-electron chi connectivity index (χ2n) is 7.35. The van der Waals surface area contributed by atoms with Gasteiger partial charge in [0, 0.05) is 28.9 Å². The molecule has 0 saturated carbocycles. The molecule has 0 aliphatic heterocycles. The number of nitrogen functional groups attached to an aromatic ring is 1. The molecule has 29 heavy (non-hydrogen) atoms. The van der Waals surface area contributed by atoms with Gasteiger partial charge in [0.1, 0.15) is 5.82 Å². The molecule has 0 aliphatic rings. The third kappa shape index (κ3) is 3.42. The molecule has 0 saturated heterocycles. The van der Waals surface area contributed by atoms with Crippen LogP contribution in [0, 0.1) is 11.7 Å². The van der Waals surface area contributed by atoms with Crippen LogP contribution in [0.2, 0.25) is 0 Å². The molecule has 148 valence electrons. The number of methoxy groups -OCH3 is 1. The molecule has 2 N–H and O–H groups in total. The number of imidazole rings is 1. The minimum Gasteiger partial charge on any atom is -0.481 e. The van der Waals surface area contributed by atoms with Crippen molar-refractivity contribution in [3.8, 4) is 17.1 Å². The first-order valence-electron chi connectivity index (χ1n) is 9.51. The van der Waals surface area contributed by atoms with Crippen LogP contribution in [0.4, 0.5) is 10.3 Å². The number of nitrogens with two attached hydrogens (primary N) is 1. The van der Waals surface area contributed by atoms with Gasteiger partial charge in [-0.05, 0) is 35.6 Å². The highest BCUT2D eigenvalue weighted by Gasteiger charge is 2.24. The zero-order valence-electron chi connectivity index (χ0n) is 16.6. The van der Waals surface area contributed by atoms with Gasteiger partial charge in [-0.25, -0.2) is 14.4 Å². The van der Waals surface area contributed by atoms with Crippen molar-refractivity contribution in [2.75, 3.05) is 12.8 Å². The Kier molecular flexibility index (Phi) is 4.92. The topological polar surface area (TPSA) is 66.0 Å². The quantitative estimate of drug-likeness (QED) is 0.516. The van der Waals surface area contributed by atoms with Crippen LogP contribution < -0.4 is 10.5 Å². The number of benzene rings is 2. The molecule has 0 aliphatic carbocycles. The summed E-state index contributed by atoms with van der Waals surface area (Å²) >= 11 is 0. The number of ether oxygens (including phenoxy) is 1. The average Bonchev–Trinajstić information content (AvgIpc) is 3.13. The van der Waals surface area contributed by atoms with E-state index in [9.17, 15) is 4.39 Å². The fourth-order valence-corrected chi connectivity index (χ4v) is 3.78. The van der Waals surface area contributed by atoms with Crippen LogP contribution in [0.1, 0.15) is 25.5 Å². The first-order valence-corrected chi connectivity index (χ1v) is 9.51. The normalized spacial score (nSPS) is 12.4. The summed E-state index contributed by atoms with van der Waals surface area (Å²) in [4.78, 5) is 8.87. The summed E-state index contributed by atoms with van der Waals surface area (Å²) in [6.45, 7) is 4.23. The maximum absolute atomic E-state index is 14.2. The van der Waals surface area contributed by atoms with Crippen molar-refractivity contribution in [2.45, 2.75) is 19.9 Å². The predicted octanol–water partition coefficient (Wildman–Crippen LogP) is 5.07. The van der Waals surface area contributed by atoms with E-state index in [-0.39, 0.29) is 17.8 Å². The number of rotatable bonds is 5. The highest BCUT2D eigenvalue weighted by Crippen LogP contribution is 2.35. The Morgan fingerprint density at radius 2 is 1.93 bits per heavy atom. The van der Waals surface area contributed by atoms with E-state index in [0.29, 0.717) is 17.2 Å². The molecule has 0 amide bonds. The van der Waals surface area contributed by atoms with Crippen LogP contribution in [0.25, 0.3) is 22.0 Å². The molecule has 0 spiro atoms. The van der Waals surface area contributed by atoms with E-state index in [1.165, 1.54) is 6.07 Å². The number of halogens is 1. The van der Waals surface area contributed by atoms with Gasteiger partial charge in [-0.1, -0.05) is 38.1 Å². The molecule has 6 heteroatoms. The Morgan fingerprint density at radius 1 is 1.10 bits per heavy atom. The predicted molar refractivity (Wildman–Crippen MR) is 113 cm³/mol. The van der Waals surface area contributed by atoms with E-state index in [0.717, 1.165) is 22.2 Å². The zero-order valence-corrected chi connectivity index (χ0v) is 16.6. The maximum Gasteiger partial charge on any atom is 0.218 e. The van der Waals surface area contributed by atoms with Crippen LogP contribution in [0.5, 0.6) is 5.88 Å². The largest absolute Gasteiger partial charge is 0.481 e. The molecular formula is C23H23FN4O. The van der Waals surface area contributed by atoms with Crippen LogP contribution in [0.3, 0.4) is 0 Å². The van der Waals surface area contributed by atoms with Crippen LogP contribution in [0.15, 0.2) is 60.9 Å². The number of aromatic nitrogens is 3. The van der Waals surface area contributed by atoms with Crippen LogP contribution in [-0.2, 0) is 0 Å². The minimum atomic E-state index is -0.247. The fraction of sp³-hybridized carbons (Fsp3) is 0.217. The molecule has 1 unspecified atom stereocenters. The van der Waals surface area contributed by atoms with Gasteiger partial charge in [-0.15, -0.1) is 0 Å². The van der Waals surface area contributed by atoms with Gasteiger partial charge in [0.25, 0.3) is 0 Å². The number of nitrogens with zero attached hydrogens (tertiary/aromatic N) is 3. The lowest BCUT2D eigenvalue weighted by Crippen LogP contribution is -2.19. The highest BCUT2D eigenvalue weighted by molar-refractivity contribution is 5.87. The monoisotopic (exact) mass is 390 g/mol. The van der Waals surface area contributed by atoms with Crippen molar-refractivity contribution in [3.63, 3.8) is 0 Å². The Labute approximate surface area is 169 Å². The van der Waals surface area contributed by atoms with E-state index in [1.54, 1.807) is 19.4 Å². The van der Waals surface area contributed by atoms with Crippen LogP contribution >= 0.6 is 0 Å². The summed E-state index contributed by atoms with van der Waals surface area (Å²) < 4.78 is 21.8. The Balaban J connectivity index is 1.81. The third-order valence-corrected chi connectivity index (χ3v) is 5.16. The second-order valence-corrected chi connectivity index (χ2v) is 7.35. The Morgan fingerprint density at radius 3 is 2.62 bits per heavy atom.